The van der Waals surface area contributed by atoms with Gasteiger partial charge in [0.25, 0.3) is 0 Å². The largest absolute Gasteiger partial charge is 0.444 e. The van der Waals surface area contributed by atoms with Crippen molar-refractivity contribution >= 4 is 11.8 Å². The second kappa shape index (κ2) is 5.73. The topological polar surface area (TPSA) is 55.6 Å². The fourth-order valence-corrected chi connectivity index (χ4v) is 2.54. The second-order valence-electron chi connectivity index (χ2n) is 6.35. The number of amides is 1. The average Bonchev–Trinajstić information content (AvgIpc) is 2.38. The molecule has 1 amide bonds. The minimum Gasteiger partial charge on any atom is -0.444 e. The third kappa shape index (κ3) is 3.65. The molecule has 2 N–H and O–H groups in total. The fourth-order valence-electron chi connectivity index (χ4n) is 2.54. The van der Waals surface area contributed by atoms with Gasteiger partial charge >= 0.3 is 6.09 Å². The van der Waals surface area contributed by atoms with Crippen molar-refractivity contribution in [3.05, 3.63) is 29.8 Å². The summed E-state index contributed by atoms with van der Waals surface area (Å²) in [6, 6.07) is 7.87. The van der Waals surface area contributed by atoms with Crippen LogP contribution in [-0.2, 0) is 4.74 Å². The predicted molar refractivity (Wildman–Crippen MR) is 80.4 cm³/mol. The summed E-state index contributed by atoms with van der Waals surface area (Å²) in [6.45, 7) is 6.44. The molecule has 20 heavy (non-hydrogen) atoms. The summed E-state index contributed by atoms with van der Waals surface area (Å²) in [7, 11) is 0. The number of nitrogen functional groups attached to an aromatic ring is 1. The molecule has 1 unspecified atom stereocenters. The summed E-state index contributed by atoms with van der Waals surface area (Å²) in [5.41, 5.74) is 7.14. The van der Waals surface area contributed by atoms with Crippen molar-refractivity contribution in [3.63, 3.8) is 0 Å². The molecule has 1 aromatic rings. The van der Waals surface area contributed by atoms with Crippen LogP contribution in [0.3, 0.4) is 0 Å². The van der Waals surface area contributed by atoms with Gasteiger partial charge in [-0.25, -0.2) is 4.79 Å². The van der Waals surface area contributed by atoms with Gasteiger partial charge in [0.1, 0.15) is 5.60 Å². The molecule has 0 spiro atoms. The molecule has 4 nitrogen and oxygen atoms in total. The van der Waals surface area contributed by atoms with Gasteiger partial charge in [0.15, 0.2) is 0 Å². The average molecular weight is 276 g/mol. The number of likely N-dealkylation sites (tertiary alicyclic amines) is 1. The third-order valence-corrected chi connectivity index (χ3v) is 3.45. The Hall–Kier alpha value is -1.71. The standard InChI is InChI=1S/C16H24N2O2/c1-16(2,3)20-15(19)18-11-5-4-6-14(18)12-7-9-13(17)10-8-12/h7-10,14H,4-6,11,17H2,1-3H3. The number of piperidine rings is 1. The number of nitrogens with zero attached hydrogens (tertiary/aromatic N) is 1. The van der Waals surface area contributed by atoms with E-state index in [9.17, 15) is 4.79 Å². The van der Waals surface area contributed by atoms with Crippen LogP contribution in [0.4, 0.5) is 10.5 Å². The highest BCUT2D eigenvalue weighted by molar-refractivity contribution is 5.69. The van der Waals surface area contributed by atoms with Gasteiger partial charge in [0.05, 0.1) is 6.04 Å². The maximum absolute atomic E-state index is 12.3. The monoisotopic (exact) mass is 276 g/mol. The number of anilines is 1. The van der Waals surface area contributed by atoms with Crippen LogP contribution >= 0.6 is 0 Å². The predicted octanol–water partition coefficient (Wildman–Crippen LogP) is 3.73. The summed E-state index contributed by atoms with van der Waals surface area (Å²) in [5, 5.41) is 0. The molecular weight excluding hydrogens is 252 g/mol. The Morgan fingerprint density at radius 2 is 1.90 bits per heavy atom. The van der Waals surface area contributed by atoms with Crippen LogP contribution in [-0.4, -0.2) is 23.1 Å². The number of ether oxygens (including phenoxy) is 1. The highest BCUT2D eigenvalue weighted by Crippen LogP contribution is 2.32. The van der Waals surface area contributed by atoms with Crippen LogP contribution in [0.2, 0.25) is 0 Å². The number of nitrogens with two attached hydrogens (primary N) is 1. The van der Waals surface area contributed by atoms with E-state index < -0.39 is 5.60 Å². The van der Waals surface area contributed by atoms with E-state index in [1.165, 1.54) is 0 Å². The van der Waals surface area contributed by atoms with Crippen LogP contribution in [0.25, 0.3) is 0 Å². The molecule has 2 rings (SSSR count). The summed E-state index contributed by atoms with van der Waals surface area (Å²) in [6.07, 6.45) is 2.92. The Morgan fingerprint density at radius 1 is 1.25 bits per heavy atom. The zero-order chi connectivity index (χ0) is 14.8. The van der Waals surface area contributed by atoms with E-state index in [-0.39, 0.29) is 12.1 Å². The van der Waals surface area contributed by atoms with E-state index in [1.54, 1.807) is 0 Å². The van der Waals surface area contributed by atoms with Crippen LogP contribution < -0.4 is 5.73 Å². The van der Waals surface area contributed by atoms with Crippen LogP contribution in [0, 0.1) is 0 Å². The van der Waals surface area contributed by atoms with Crippen molar-refractivity contribution in [2.45, 2.75) is 51.7 Å². The van der Waals surface area contributed by atoms with Gasteiger partial charge in [0.2, 0.25) is 0 Å². The molecule has 1 heterocycles. The van der Waals surface area contributed by atoms with E-state index in [2.05, 4.69) is 0 Å². The lowest BCUT2D eigenvalue weighted by Crippen LogP contribution is -2.41. The lowest BCUT2D eigenvalue weighted by molar-refractivity contribution is 0.00952. The van der Waals surface area contributed by atoms with E-state index in [4.69, 9.17) is 10.5 Å². The van der Waals surface area contributed by atoms with Crippen molar-refractivity contribution in [3.8, 4) is 0 Å². The Bertz CT molecular complexity index is 462. The Morgan fingerprint density at radius 3 is 2.50 bits per heavy atom. The molecule has 1 atom stereocenters. The van der Waals surface area contributed by atoms with Crippen molar-refractivity contribution in [1.82, 2.24) is 4.90 Å². The minimum absolute atomic E-state index is 0.0965. The van der Waals surface area contributed by atoms with Crippen molar-refractivity contribution in [2.75, 3.05) is 12.3 Å². The molecule has 0 aromatic heterocycles. The number of rotatable bonds is 1. The molecule has 1 aliphatic rings. The molecule has 4 heteroatoms. The van der Waals surface area contributed by atoms with Gasteiger partial charge in [-0.05, 0) is 57.7 Å². The zero-order valence-electron chi connectivity index (χ0n) is 12.6. The number of hydrogen-bond acceptors (Lipinski definition) is 3. The number of carbonyl (C=O) groups excluding carboxylic acids is 1. The molecule has 0 bridgehead atoms. The second-order valence-corrected chi connectivity index (χ2v) is 6.35. The molecule has 110 valence electrons. The quantitative estimate of drug-likeness (QED) is 0.795. The van der Waals surface area contributed by atoms with Gasteiger partial charge in [-0.3, -0.25) is 0 Å². The maximum Gasteiger partial charge on any atom is 0.410 e. The van der Waals surface area contributed by atoms with Gasteiger partial charge in [-0.2, -0.15) is 0 Å². The minimum atomic E-state index is -0.458. The summed E-state index contributed by atoms with van der Waals surface area (Å²) in [4.78, 5) is 14.2. The molecular formula is C16H24N2O2. The first-order valence-electron chi connectivity index (χ1n) is 7.22. The van der Waals surface area contributed by atoms with Gasteiger partial charge in [-0.15, -0.1) is 0 Å². The first-order chi connectivity index (χ1) is 9.37. The van der Waals surface area contributed by atoms with E-state index in [0.717, 1.165) is 37.1 Å². The van der Waals surface area contributed by atoms with E-state index in [1.807, 2.05) is 49.9 Å². The first-order valence-corrected chi connectivity index (χ1v) is 7.22. The van der Waals surface area contributed by atoms with Crippen LogP contribution in [0.5, 0.6) is 0 Å². The number of carbonyl (C=O) groups is 1. The molecule has 1 aliphatic heterocycles. The normalized spacial score (nSPS) is 19.8. The number of hydrogen-bond donors (Lipinski definition) is 1. The van der Waals surface area contributed by atoms with E-state index >= 15 is 0 Å². The van der Waals surface area contributed by atoms with Crippen molar-refractivity contribution in [2.24, 2.45) is 0 Å². The molecule has 1 fully saturated rings. The summed E-state index contributed by atoms with van der Waals surface area (Å²) in [5.74, 6) is 0. The Labute approximate surface area is 120 Å². The van der Waals surface area contributed by atoms with Crippen molar-refractivity contribution in [1.29, 1.82) is 0 Å². The Balaban J connectivity index is 2.16. The summed E-state index contributed by atoms with van der Waals surface area (Å²) < 4.78 is 5.51. The smallest absolute Gasteiger partial charge is 0.410 e. The van der Waals surface area contributed by atoms with Gasteiger partial charge < -0.3 is 15.4 Å². The first kappa shape index (κ1) is 14.7. The Kier molecular flexibility index (Phi) is 4.21. The number of benzene rings is 1. The molecule has 1 saturated heterocycles. The van der Waals surface area contributed by atoms with Crippen LogP contribution in [0.15, 0.2) is 24.3 Å². The lowest BCUT2D eigenvalue weighted by Gasteiger charge is -2.37. The molecule has 0 radical (unpaired) electrons. The van der Waals surface area contributed by atoms with Crippen molar-refractivity contribution < 1.29 is 9.53 Å². The van der Waals surface area contributed by atoms with Gasteiger partial charge in [-0.1, -0.05) is 12.1 Å². The van der Waals surface area contributed by atoms with Crippen LogP contribution in [0.1, 0.15) is 51.6 Å². The zero-order valence-corrected chi connectivity index (χ0v) is 12.6. The molecule has 1 aromatic carbocycles. The SMILES string of the molecule is CC(C)(C)OC(=O)N1CCCCC1c1ccc(N)cc1. The molecule has 0 saturated carbocycles. The third-order valence-electron chi connectivity index (χ3n) is 3.45. The highest BCUT2D eigenvalue weighted by Gasteiger charge is 2.31. The van der Waals surface area contributed by atoms with Gasteiger partial charge in [0, 0.05) is 12.2 Å². The highest BCUT2D eigenvalue weighted by atomic mass is 16.6. The lowest BCUT2D eigenvalue weighted by atomic mass is 9.95. The fraction of sp³-hybridized carbons (Fsp3) is 0.562. The molecule has 0 aliphatic carbocycles. The summed E-state index contributed by atoms with van der Waals surface area (Å²) >= 11 is 0. The maximum atomic E-state index is 12.3. The van der Waals surface area contributed by atoms with E-state index in [0.29, 0.717) is 0 Å².